The maximum Gasteiger partial charge on any atom is 0.374 e. The highest BCUT2D eigenvalue weighted by atomic mass is 16.5. The number of piperidine rings is 1. The van der Waals surface area contributed by atoms with E-state index in [0.29, 0.717) is 44.8 Å². The van der Waals surface area contributed by atoms with Crippen LogP contribution in [0.1, 0.15) is 36.1 Å². The van der Waals surface area contributed by atoms with Crippen LogP contribution in [0, 0.1) is 5.92 Å². The second kappa shape index (κ2) is 9.20. The predicted molar refractivity (Wildman–Crippen MR) is 96.3 cm³/mol. The van der Waals surface area contributed by atoms with E-state index in [4.69, 9.17) is 13.9 Å². The van der Waals surface area contributed by atoms with Crippen LogP contribution in [0.15, 0.2) is 35.0 Å². The van der Waals surface area contributed by atoms with Gasteiger partial charge in [-0.2, -0.15) is 5.10 Å². The summed E-state index contributed by atoms with van der Waals surface area (Å²) in [5, 5.41) is 4.06. The number of esters is 2. The van der Waals surface area contributed by atoms with Gasteiger partial charge in [0.05, 0.1) is 19.1 Å². The highest BCUT2D eigenvalue weighted by molar-refractivity contribution is 5.89. The fourth-order valence-electron chi connectivity index (χ4n) is 3.04. The summed E-state index contributed by atoms with van der Waals surface area (Å²) in [6, 6.07) is 4.97. The van der Waals surface area contributed by atoms with Gasteiger partial charge in [-0.3, -0.25) is 14.3 Å². The van der Waals surface area contributed by atoms with Crippen LogP contribution in [-0.2, 0) is 25.6 Å². The average Bonchev–Trinajstić information content (AvgIpc) is 3.39. The smallest absolute Gasteiger partial charge is 0.374 e. The Labute approximate surface area is 162 Å². The van der Waals surface area contributed by atoms with Crippen molar-refractivity contribution in [3.63, 3.8) is 0 Å². The van der Waals surface area contributed by atoms with Crippen LogP contribution in [0.2, 0.25) is 0 Å². The number of amides is 1. The van der Waals surface area contributed by atoms with Gasteiger partial charge in [0.25, 0.3) is 5.91 Å². The molecular formula is C19H23N3O6. The molecule has 0 bridgehead atoms. The minimum atomic E-state index is -0.693. The maximum absolute atomic E-state index is 12.2. The van der Waals surface area contributed by atoms with Crippen molar-refractivity contribution >= 4 is 17.8 Å². The molecule has 2 aromatic heterocycles. The summed E-state index contributed by atoms with van der Waals surface area (Å²) < 4.78 is 17.2. The normalized spacial score (nSPS) is 14.7. The van der Waals surface area contributed by atoms with E-state index in [1.54, 1.807) is 41.0 Å². The van der Waals surface area contributed by atoms with Crippen LogP contribution < -0.4 is 0 Å². The molecule has 9 heteroatoms. The molecule has 2 aromatic rings. The van der Waals surface area contributed by atoms with Crippen molar-refractivity contribution in [1.82, 2.24) is 14.7 Å². The predicted octanol–water partition coefficient (Wildman–Crippen LogP) is 1.48. The SMILES string of the molecule is CCOC(=O)C1CCN(C(=O)COC(=O)c2ccc(Cn3cccn3)o2)CC1. The number of carbonyl (C=O) groups excluding carboxylic acids is 3. The van der Waals surface area contributed by atoms with Crippen LogP contribution >= 0.6 is 0 Å². The number of nitrogens with zero attached hydrogens (tertiary/aromatic N) is 3. The number of hydrogen-bond donors (Lipinski definition) is 0. The minimum Gasteiger partial charge on any atom is -0.466 e. The molecule has 0 unspecified atom stereocenters. The van der Waals surface area contributed by atoms with E-state index < -0.39 is 5.97 Å². The van der Waals surface area contributed by atoms with E-state index in [-0.39, 0.29) is 30.2 Å². The molecule has 1 amide bonds. The van der Waals surface area contributed by atoms with Crippen LogP contribution in [0.25, 0.3) is 0 Å². The van der Waals surface area contributed by atoms with E-state index in [2.05, 4.69) is 5.10 Å². The molecule has 3 rings (SSSR count). The molecule has 9 nitrogen and oxygen atoms in total. The zero-order chi connectivity index (χ0) is 19.9. The van der Waals surface area contributed by atoms with Crippen molar-refractivity contribution < 1.29 is 28.3 Å². The molecule has 1 fully saturated rings. The van der Waals surface area contributed by atoms with Gasteiger partial charge in [-0.05, 0) is 38.0 Å². The number of furan rings is 1. The molecule has 0 radical (unpaired) electrons. The lowest BCUT2D eigenvalue weighted by Crippen LogP contribution is -2.42. The molecule has 0 N–H and O–H groups in total. The number of rotatable bonds is 7. The Morgan fingerprint density at radius 1 is 1.21 bits per heavy atom. The number of ether oxygens (including phenoxy) is 2. The van der Waals surface area contributed by atoms with Gasteiger partial charge >= 0.3 is 11.9 Å². The van der Waals surface area contributed by atoms with Crippen molar-refractivity contribution in [3.8, 4) is 0 Å². The highest BCUT2D eigenvalue weighted by Gasteiger charge is 2.28. The Hall–Kier alpha value is -3.10. The van der Waals surface area contributed by atoms with E-state index in [9.17, 15) is 14.4 Å². The second-order valence-electron chi connectivity index (χ2n) is 6.45. The summed E-state index contributed by atoms with van der Waals surface area (Å²) in [6.07, 6.45) is 4.53. The number of aromatic nitrogens is 2. The summed E-state index contributed by atoms with van der Waals surface area (Å²) in [6.45, 7) is 3.03. The fourth-order valence-corrected chi connectivity index (χ4v) is 3.04. The molecular weight excluding hydrogens is 366 g/mol. The zero-order valence-electron chi connectivity index (χ0n) is 15.7. The third kappa shape index (κ3) is 4.99. The summed E-state index contributed by atoms with van der Waals surface area (Å²) in [5.74, 6) is -0.785. The monoisotopic (exact) mass is 389 g/mol. The molecule has 0 saturated carbocycles. The summed E-state index contributed by atoms with van der Waals surface area (Å²) in [7, 11) is 0. The number of hydrogen-bond acceptors (Lipinski definition) is 7. The Kier molecular flexibility index (Phi) is 6.46. The largest absolute Gasteiger partial charge is 0.466 e. The molecule has 1 saturated heterocycles. The molecule has 0 spiro atoms. The first-order valence-corrected chi connectivity index (χ1v) is 9.24. The van der Waals surface area contributed by atoms with E-state index in [1.807, 2.05) is 0 Å². The molecule has 0 aromatic carbocycles. The Morgan fingerprint density at radius 2 is 2.00 bits per heavy atom. The average molecular weight is 389 g/mol. The third-order valence-electron chi connectivity index (χ3n) is 4.53. The van der Waals surface area contributed by atoms with E-state index >= 15 is 0 Å². The molecule has 150 valence electrons. The van der Waals surface area contributed by atoms with Gasteiger partial charge in [0, 0.05) is 25.5 Å². The van der Waals surface area contributed by atoms with Crippen molar-refractivity contribution in [2.24, 2.45) is 5.92 Å². The fraction of sp³-hybridized carbons (Fsp3) is 0.474. The zero-order valence-corrected chi connectivity index (χ0v) is 15.7. The van der Waals surface area contributed by atoms with Gasteiger partial charge in [-0.15, -0.1) is 0 Å². The molecule has 28 heavy (non-hydrogen) atoms. The Bertz CT molecular complexity index is 806. The minimum absolute atomic E-state index is 0.0379. The number of carbonyl (C=O) groups is 3. The van der Waals surface area contributed by atoms with Gasteiger partial charge in [0.2, 0.25) is 5.76 Å². The molecule has 3 heterocycles. The summed E-state index contributed by atoms with van der Waals surface area (Å²) >= 11 is 0. The first-order valence-electron chi connectivity index (χ1n) is 9.24. The lowest BCUT2D eigenvalue weighted by molar-refractivity contribution is -0.151. The summed E-state index contributed by atoms with van der Waals surface area (Å²) in [4.78, 5) is 37.7. The maximum atomic E-state index is 12.2. The van der Waals surface area contributed by atoms with Gasteiger partial charge in [-0.1, -0.05) is 0 Å². The van der Waals surface area contributed by atoms with Gasteiger partial charge < -0.3 is 18.8 Å². The highest BCUT2D eigenvalue weighted by Crippen LogP contribution is 2.19. The van der Waals surface area contributed by atoms with Gasteiger partial charge in [0.1, 0.15) is 5.76 Å². The third-order valence-corrected chi connectivity index (χ3v) is 4.53. The molecule has 1 aliphatic rings. The van der Waals surface area contributed by atoms with Crippen molar-refractivity contribution in [2.45, 2.75) is 26.3 Å². The van der Waals surface area contributed by atoms with Gasteiger partial charge in [0.15, 0.2) is 6.61 Å². The van der Waals surface area contributed by atoms with E-state index in [0.717, 1.165) is 0 Å². The molecule has 0 atom stereocenters. The van der Waals surface area contributed by atoms with Gasteiger partial charge in [-0.25, -0.2) is 4.79 Å². The van der Waals surface area contributed by atoms with Crippen LogP contribution in [-0.4, -0.2) is 58.8 Å². The van der Waals surface area contributed by atoms with Crippen molar-refractivity contribution in [2.75, 3.05) is 26.3 Å². The lowest BCUT2D eigenvalue weighted by atomic mass is 9.97. The van der Waals surface area contributed by atoms with E-state index in [1.165, 1.54) is 6.07 Å². The van der Waals surface area contributed by atoms with Crippen LogP contribution in [0.5, 0.6) is 0 Å². The number of likely N-dealkylation sites (tertiary alicyclic amines) is 1. The lowest BCUT2D eigenvalue weighted by Gasteiger charge is -2.30. The van der Waals surface area contributed by atoms with Crippen molar-refractivity contribution in [3.05, 3.63) is 42.1 Å². The van der Waals surface area contributed by atoms with Crippen LogP contribution in [0.4, 0.5) is 0 Å². The quantitative estimate of drug-likeness (QED) is 0.661. The Balaban J connectivity index is 1.43. The van der Waals surface area contributed by atoms with Crippen molar-refractivity contribution in [1.29, 1.82) is 0 Å². The van der Waals surface area contributed by atoms with Crippen LogP contribution in [0.3, 0.4) is 0 Å². The Morgan fingerprint density at radius 3 is 2.68 bits per heavy atom. The topological polar surface area (TPSA) is 104 Å². The molecule has 0 aliphatic carbocycles. The first kappa shape index (κ1) is 19.7. The standard InChI is InChI=1S/C19H23N3O6/c1-2-26-18(24)14-6-10-21(11-7-14)17(23)13-27-19(25)16-5-4-15(28-16)12-22-9-3-8-20-22/h3-5,8-9,14H,2,6-7,10-13H2,1H3. The second-order valence-corrected chi connectivity index (χ2v) is 6.45. The molecule has 1 aliphatic heterocycles. The summed E-state index contributed by atoms with van der Waals surface area (Å²) in [5.41, 5.74) is 0. The first-order chi connectivity index (χ1) is 13.6.